The quantitative estimate of drug-likeness (QED) is 0.162. The Hall–Kier alpha value is -1.79. The standard InChI is InChI=1S/C22H23Cl4NO4/c1-2-3-9-31-27-15-16-4-6-17(7-5-16)29-11-12-30-22-19(23)13-18(14-20(22)24)28-10-8-21(25)26/h4-8,13-15H,2-3,9-12H2,1H3/b27-15+. The molecule has 0 bridgehead atoms. The molecule has 168 valence electrons. The molecule has 0 aromatic heterocycles. The SMILES string of the molecule is CCCCO/N=C/c1ccc(OCCOc2c(Cl)cc(OCC=C(Cl)Cl)cc2Cl)cc1. The largest absolute Gasteiger partial charge is 0.490 e. The number of hydrogen-bond acceptors (Lipinski definition) is 5. The molecule has 0 radical (unpaired) electrons. The number of oxime groups is 1. The molecular formula is C22H23Cl4NO4. The molecule has 0 aliphatic heterocycles. The van der Waals surface area contributed by atoms with Gasteiger partial charge in [0.15, 0.2) is 5.75 Å². The highest BCUT2D eigenvalue weighted by Crippen LogP contribution is 2.37. The summed E-state index contributed by atoms with van der Waals surface area (Å²) < 4.78 is 16.9. The van der Waals surface area contributed by atoms with Crippen molar-refractivity contribution in [2.24, 2.45) is 5.16 Å². The zero-order chi connectivity index (χ0) is 22.5. The third-order valence-electron chi connectivity index (χ3n) is 3.80. The van der Waals surface area contributed by atoms with Crippen LogP contribution in [0.5, 0.6) is 17.2 Å². The number of halogens is 4. The summed E-state index contributed by atoms with van der Waals surface area (Å²) in [7, 11) is 0. The first-order valence-electron chi connectivity index (χ1n) is 9.63. The van der Waals surface area contributed by atoms with Crippen LogP contribution in [0.15, 0.2) is 52.1 Å². The van der Waals surface area contributed by atoms with Crippen molar-refractivity contribution in [3.63, 3.8) is 0 Å². The van der Waals surface area contributed by atoms with Gasteiger partial charge in [0.25, 0.3) is 0 Å². The van der Waals surface area contributed by atoms with Gasteiger partial charge in [0, 0.05) is 12.1 Å². The van der Waals surface area contributed by atoms with Crippen molar-refractivity contribution in [2.45, 2.75) is 19.8 Å². The van der Waals surface area contributed by atoms with Crippen molar-refractivity contribution in [2.75, 3.05) is 26.4 Å². The van der Waals surface area contributed by atoms with Crippen LogP contribution in [0.1, 0.15) is 25.3 Å². The fourth-order valence-corrected chi connectivity index (χ4v) is 2.97. The molecular weight excluding hydrogens is 484 g/mol. The van der Waals surface area contributed by atoms with Crippen LogP contribution in [0.3, 0.4) is 0 Å². The van der Waals surface area contributed by atoms with Gasteiger partial charge in [-0.15, -0.1) is 0 Å². The van der Waals surface area contributed by atoms with Gasteiger partial charge in [0.2, 0.25) is 0 Å². The Kier molecular flexibility index (Phi) is 11.8. The summed E-state index contributed by atoms with van der Waals surface area (Å²) in [5.74, 6) is 1.54. The van der Waals surface area contributed by atoms with Gasteiger partial charge in [-0.1, -0.05) is 64.9 Å². The van der Waals surface area contributed by atoms with Crippen LogP contribution in [-0.2, 0) is 4.84 Å². The Bertz CT molecular complexity index is 845. The third-order valence-corrected chi connectivity index (χ3v) is 4.67. The summed E-state index contributed by atoms with van der Waals surface area (Å²) in [6.07, 6.45) is 5.24. The average Bonchev–Trinajstić information content (AvgIpc) is 2.73. The molecule has 0 aliphatic rings. The van der Waals surface area contributed by atoms with Gasteiger partial charge in [-0.3, -0.25) is 0 Å². The molecule has 0 fully saturated rings. The minimum Gasteiger partial charge on any atom is -0.490 e. The molecule has 0 saturated heterocycles. The molecule has 2 aromatic carbocycles. The number of nitrogens with zero attached hydrogens (tertiary/aromatic N) is 1. The van der Waals surface area contributed by atoms with E-state index < -0.39 is 0 Å². The topological polar surface area (TPSA) is 49.3 Å². The van der Waals surface area contributed by atoms with E-state index in [1.807, 2.05) is 24.3 Å². The van der Waals surface area contributed by atoms with Crippen molar-refractivity contribution < 1.29 is 19.0 Å². The predicted octanol–water partition coefficient (Wildman–Crippen LogP) is 7.30. The van der Waals surface area contributed by atoms with Crippen LogP contribution in [0.4, 0.5) is 0 Å². The summed E-state index contributed by atoms with van der Waals surface area (Å²) >= 11 is 23.6. The van der Waals surface area contributed by atoms with Gasteiger partial charge in [0.1, 0.15) is 42.4 Å². The van der Waals surface area contributed by atoms with Crippen LogP contribution in [0.25, 0.3) is 0 Å². The molecule has 0 aliphatic carbocycles. The van der Waals surface area contributed by atoms with Crippen molar-refractivity contribution in [3.8, 4) is 17.2 Å². The Morgan fingerprint density at radius 3 is 2.23 bits per heavy atom. The number of rotatable bonds is 13. The molecule has 0 unspecified atom stereocenters. The normalized spacial score (nSPS) is 10.7. The average molecular weight is 507 g/mol. The lowest BCUT2D eigenvalue weighted by Gasteiger charge is -2.13. The van der Waals surface area contributed by atoms with Gasteiger partial charge >= 0.3 is 0 Å². The maximum Gasteiger partial charge on any atom is 0.156 e. The van der Waals surface area contributed by atoms with Gasteiger partial charge < -0.3 is 19.0 Å². The Labute approximate surface area is 202 Å². The van der Waals surface area contributed by atoms with Gasteiger partial charge in [-0.2, -0.15) is 0 Å². The maximum atomic E-state index is 6.24. The first-order chi connectivity index (χ1) is 15.0. The van der Waals surface area contributed by atoms with E-state index in [4.69, 9.17) is 65.5 Å². The highest BCUT2D eigenvalue weighted by atomic mass is 35.5. The summed E-state index contributed by atoms with van der Waals surface area (Å²) in [4.78, 5) is 5.16. The van der Waals surface area contributed by atoms with Crippen LogP contribution in [-0.4, -0.2) is 32.6 Å². The van der Waals surface area contributed by atoms with Crippen LogP contribution < -0.4 is 14.2 Å². The molecule has 9 heteroatoms. The molecule has 0 spiro atoms. The monoisotopic (exact) mass is 505 g/mol. The molecule has 0 amide bonds. The maximum absolute atomic E-state index is 6.24. The lowest BCUT2D eigenvalue weighted by atomic mass is 10.2. The smallest absolute Gasteiger partial charge is 0.156 e. The lowest BCUT2D eigenvalue weighted by molar-refractivity contribution is 0.143. The van der Waals surface area contributed by atoms with Crippen molar-refractivity contribution in [1.82, 2.24) is 0 Å². The Morgan fingerprint density at radius 2 is 1.58 bits per heavy atom. The molecule has 2 aromatic rings. The summed E-state index contributed by atoms with van der Waals surface area (Å²) in [6, 6.07) is 10.7. The van der Waals surface area contributed by atoms with Crippen molar-refractivity contribution >= 4 is 52.6 Å². The molecule has 5 nitrogen and oxygen atoms in total. The van der Waals surface area contributed by atoms with E-state index in [1.165, 1.54) is 6.08 Å². The first-order valence-corrected chi connectivity index (χ1v) is 11.1. The zero-order valence-corrected chi connectivity index (χ0v) is 20.0. The fraction of sp³-hybridized carbons (Fsp3) is 0.318. The summed E-state index contributed by atoms with van der Waals surface area (Å²) in [5.41, 5.74) is 0.921. The van der Waals surface area contributed by atoms with E-state index in [0.717, 1.165) is 18.4 Å². The minimum absolute atomic E-state index is 0.122. The molecule has 0 atom stereocenters. The summed E-state index contributed by atoms with van der Waals surface area (Å²) in [6.45, 7) is 3.50. The van der Waals surface area contributed by atoms with E-state index >= 15 is 0 Å². The van der Waals surface area contributed by atoms with Crippen molar-refractivity contribution in [1.29, 1.82) is 0 Å². The van der Waals surface area contributed by atoms with E-state index in [2.05, 4.69) is 12.1 Å². The number of hydrogen-bond donors (Lipinski definition) is 0. The van der Waals surface area contributed by atoms with Crippen molar-refractivity contribution in [3.05, 3.63) is 62.6 Å². The molecule has 0 saturated carbocycles. The third kappa shape index (κ3) is 9.92. The van der Waals surface area contributed by atoms with Gasteiger partial charge in [0.05, 0.1) is 16.3 Å². The molecule has 0 heterocycles. The Morgan fingerprint density at radius 1 is 0.903 bits per heavy atom. The molecule has 2 rings (SSSR count). The van der Waals surface area contributed by atoms with Gasteiger partial charge in [-0.05, 0) is 42.3 Å². The second-order valence-corrected chi connectivity index (χ2v) is 8.03. The fourth-order valence-electron chi connectivity index (χ4n) is 2.27. The van der Waals surface area contributed by atoms with E-state index in [0.29, 0.717) is 40.5 Å². The second-order valence-electron chi connectivity index (χ2n) is 6.21. The van der Waals surface area contributed by atoms with E-state index in [1.54, 1.807) is 18.3 Å². The lowest BCUT2D eigenvalue weighted by Crippen LogP contribution is -2.09. The highest BCUT2D eigenvalue weighted by Gasteiger charge is 2.11. The van der Waals surface area contributed by atoms with E-state index in [9.17, 15) is 0 Å². The Balaban J connectivity index is 1.77. The number of ether oxygens (including phenoxy) is 3. The highest BCUT2D eigenvalue weighted by molar-refractivity contribution is 6.55. The molecule has 0 N–H and O–H groups in total. The summed E-state index contributed by atoms with van der Waals surface area (Å²) in [5, 5.41) is 4.58. The zero-order valence-electron chi connectivity index (χ0n) is 17.0. The molecule has 31 heavy (non-hydrogen) atoms. The van der Waals surface area contributed by atoms with E-state index in [-0.39, 0.29) is 17.7 Å². The number of benzene rings is 2. The van der Waals surface area contributed by atoms with Crippen LogP contribution >= 0.6 is 46.4 Å². The van der Waals surface area contributed by atoms with Crippen LogP contribution in [0, 0.1) is 0 Å². The van der Waals surface area contributed by atoms with Gasteiger partial charge in [-0.25, -0.2) is 0 Å². The predicted molar refractivity (Wildman–Crippen MR) is 128 cm³/mol. The number of unbranched alkanes of at least 4 members (excludes halogenated alkanes) is 1. The van der Waals surface area contributed by atoms with Crippen LogP contribution in [0.2, 0.25) is 10.0 Å². The first kappa shape index (κ1) is 25.5. The minimum atomic E-state index is 0.122. The second kappa shape index (κ2) is 14.3.